The van der Waals surface area contributed by atoms with Gasteiger partial charge in [0.2, 0.25) is 0 Å². The lowest BCUT2D eigenvalue weighted by Crippen LogP contribution is -2.31. The second kappa shape index (κ2) is 8.92. The molecule has 0 aliphatic rings. The Kier molecular flexibility index (Phi) is 6.09. The fraction of sp³-hybridized carbons (Fsp3) is 0.111. The van der Waals surface area contributed by atoms with Gasteiger partial charge in [-0.25, -0.2) is 0 Å². The summed E-state index contributed by atoms with van der Waals surface area (Å²) in [4.78, 5) is 0. The zero-order valence-corrected chi connectivity index (χ0v) is 19.2. The van der Waals surface area contributed by atoms with Gasteiger partial charge in [0.25, 0.3) is 0 Å². The van der Waals surface area contributed by atoms with E-state index in [0.717, 1.165) is 15.1 Å². The van der Waals surface area contributed by atoms with E-state index in [1.165, 1.54) is 22.3 Å². The lowest BCUT2D eigenvalue weighted by Gasteiger charge is -2.37. The van der Waals surface area contributed by atoms with Crippen LogP contribution in [0.3, 0.4) is 0 Å². The Labute approximate surface area is 191 Å². The summed E-state index contributed by atoms with van der Waals surface area (Å²) in [6, 6.07) is 36.2. The molecule has 150 valence electrons. The minimum absolute atomic E-state index is 0.471. The summed E-state index contributed by atoms with van der Waals surface area (Å²) >= 11 is 2.35. The number of hydrogen-bond donors (Lipinski definition) is 0. The molecule has 0 fully saturated rings. The van der Waals surface area contributed by atoms with Gasteiger partial charge in [0, 0.05) is 0 Å². The Bertz CT molecular complexity index is 1070. The molecule has 2 nitrogen and oxygen atoms in total. The lowest BCUT2D eigenvalue weighted by atomic mass is 9.65. The van der Waals surface area contributed by atoms with Crippen LogP contribution in [0.4, 0.5) is 0 Å². The van der Waals surface area contributed by atoms with E-state index in [1.54, 1.807) is 14.2 Å². The maximum Gasteiger partial charge on any atom is 0.132 e. The second-order valence-electron chi connectivity index (χ2n) is 7.06. The van der Waals surface area contributed by atoms with Gasteiger partial charge in [0.15, 0.2) is 0 Å². The van der Waals surface area contributed by atoms with Gasteiger partial charge in [-0.15, -0.1) is 0 Å². The maximum atomic E-state index is 5.54. The number of hydrogen-bond acceptors (Lipinski definition) is 2. The number of benzene rings is 4. The zero-order valence-electron chi connectivity index (χ0n) is 17.0. The monoisotopic (exact) mass is 506 g/mol. The average molecular weight is 506 g/mol. The average Bonchev–Trinajstić information content (AvgIpc) is 2.82. The molecule has 0 aliphatic heterocycles. The SMILES string of the molecule is COc1ccc(C(c2ccccc2)(c2ccccc2)c2ccc(OC)c(I)c2)cc1. The van der Waals surface area contributed by atoms with E-state index < -0.39 is 5.41 Å². The highest BCUT2D eigenvalue weighted by Crippen LogP contribution is 2.46. The van der Waals surface area contributed by atoms with Crippen LogP contribution in [0.2, 0.25) is 0 Å². The van der Waals surface area contributed by atoms with Crippen LogP contribution in [0.1, 0.15) is 22.3 Å². The van der Waals surface area contributed by atoms with Crippen LogP contribution in [0.5, 0.6) is 11.5 Å². The second-order valence-corrected chi connectivity index (χ2v) is 8.22. The number of ether oxygens (including phenoxy) is 2. The third-order valence-electron chi connectivity index (χ3n) is 5.52. The van der Waals surface area contributed by atoms with Crippen LogP contribution in [0, 0.1) is 3.57 Å². The van der Waals surface area contributed by atoms with Gasteiger partial charge in [-0.1, -0.05) is 78.9 Å². The van der Waals surface area contributed by atoms with Crippen molar-refractivity contribution in [1.29, 1.82) is 0 Å². The molecule has 0 spiro atoms. The van der Waals surface area contributed by atoms with Crippen molar-refractivity contribution in [2.45, 2.75) is 5.41 Å². The topological polar surface area (TPSA) is 18.5 Å². The van der Waals surface area contributed by atoms with Gasteiger partial charge in [-0.3, -0.25) is 0 Å². The first-order valence-electron chi connectivity index (χ1n) is 9.79. The highest BCUT2D eigenvalue weighted by atomic mass is 127. The molecule has 30 heavy (non-hydrogen) atoms. The molecule has 3 heteroatoms. The Morgan fingerprint density at radius 2 is 1.07 bits per heavy atom. The molecule has 0 bridgehead atoms. The van der Waals surface area contributed by atoms with Gasteiger partial charge in [0.05, 0.1) is 23.2 Å². The van der Waals surface area contributed by atoms with Gasteiger partial charge in [-0.05, 0) is 69.1 Å². The molecule has 0 saturated heterocycles. The summed E-state index contributed by atoms with van der Waals surface area (Å²) in [5.41, 5.74) is 4.32. The third-order valence-corrected chi connectivity index (χ3v) is 6.36. The largest absolute Gasteiger partial charge is 0.497 e. The number of rotatable bonds is 6. The highest BCUT2D eigenvalue weighted by Gasteiger charge is 2.38. The summed E-state index contributed by atoms with van der Waals surface area (Å²) in [7, 11) is 3.41. The van der Waals surface area contributed by atoms with E-state index in [1.807, 2.05) is 12.1 Å². The van der Waals surface area contributed by atoms with Gasteiger partial charge in [-0.2, -0.15) is 0 Å². The minimum Gasteiger partial charge on any atom is -0.497 e. The molecule has 0 aromatic heterocycles. The molecule has 0 N–H and O–H groups in total. The van der Waals surface area contributed by atoms with Crippen molar-refractivity contribution < 1.29 is 9.47 Å². The van der Waals surface area contributed by atoms with Crippen molar-refractivity contribution in [2.75, 3.05) is 14.2 Å². The van der Waals surface area contributed by atoms with Crippen molar-refractivity contribution >= 4 is 22.6 Å². The molecule has 0 radical (unpaired) electrons. The third kappa shape index (κ3) is 3.58. The molecule has 0 aliphatic carbocycles. The Morgan fingerprint density at radius 1 is 0.567 bits per heavy atom. The number of methoxy groups -OCH3 is 2. The Hall–Kier alpha value is -2.79. The van der Waals surface area contributed by atoms with Crippen molar-refractivity contribution in [2.24, 2.45) is 0 Å². The van der Waals surface area contributed by atoms with E-state index in [0.29, 0.717) is 0 Å². The fourth-order valence-electron chi connectivity index (χ4n) is 4.12. The molecule has 0 unspecified atom stereocenters. The number of halogens is 1. The molecule has 0 atom stereocenters. The van der Waals surface area contributed by atoms with Gasteiger partial charge >= 0.3 is 0 Å². The Morgan fingerprint density at radius 3 is 1.53 bits per heavy atom. The normalized spacial score (nSPS) is 11.2. The van der Waals surface area contributed by atoms with Gasteiger partial charge < -0.3 is 9.47 Å². The van der Waals surface area contributed by atoms with E-state index in [9.17, 15) is 0 Å². The molecular weight excluding hydrogens is 483 g/mol. The van der Waals surface area contributed by atoms with Crippen LogP contribution in [-0.4, -0.2) is 14.2 Å². The molecule has 4 aromatic carbocycles. The van der Waals surface area contributed by atoms with Crippen molar-refractivity contribution in [1.82, 2.24) is 0 Å². The van der Waals surface area contributed by atoms with Crippen molar-refractivity contribution in [3.63, 3.8) is 0 Å². The minimum atomic E-state index is -0.471. The molecule has 4 aromatic rings. The smallest absolute Gasteiger partial charge is 0.132 e. The van der Waals surface area contributed by atoms with Crippen LogP contribution < -0.4 is 9.47 Å². The first-order valence-corrected chi connectivity index (χ1v) is 10.9. The lowest BCUT2D eigenvalue weighted by molar-refractivity contribution is 0.411. The van der Waals surface area contributed by atoms with E-state index in [4.69, 9.17) is 9.47 Å². The van der Waals surface area contributed by atoms with E-state index >= 15 is 0 Å². The van der Waals surface area contributed by atoms with Crippen LogP contribution in [0.25, 0.3) is 0 Å². The standard InChI is InChI=1S/C27H23IO2/c1-29-24-16-13-22(14-17-24)27(20-9-5-3-6-10-20,21-11-7-4-8-12-21)23-15-18-26(30-2)25(28)19-23/h3-19H,1-2H3. The molecule has 0 saturated carbocycles. The molecular formula is C27H23IO2. The van der Waals surface area contributed by atoms with Gasteiger partial charge in [0.1, 0.15) is 11.5 Å². The van der Waals surface area contributed by atoms with Crippen LogP contribution in [-0.2, 0) is 5.41 Å². The zero-order chi connectivity index (χ0) is 21.0. The summed E-state index contributed by atoms with van der Waals surface area (Å²) in [5, 5.41) is 0. The quantitative estimate of drug-likeness (QED) is 0.214. The predicted octanol–water partition coefficient (Wildman–Crippen LogP) is 6.69. The highest BCUT2D eigenvalue weighted by molar-refractivity contribution is 14.1. The van der Waals surface area contributed by atoms with Crippen LogP contribution in [0.15, 0.2) is 103 Å². The Balaban J connectivity index is 2.09. The van der Waals surface area contributed by atoms with Crippen LogP contribution >= 0.6 is 22.6 Å². The van der Waals surface area contributed by atoms with E-state index in [-0.39, 0.29) is 0 Å². The predicted molar refractivity (Wildman–Crippen MR) is 131 cm³/mol. The molecule has 4 rings (SSSR count). The van der Waals surface area contributed by atoms with E-state index in [2.05, 4.69) is 114 Å². The van der Waals surface area contributed by atoms with Crippen molar-refractivity contribution in [3.8, 4) is 11.5 Å². The maximum absolute atomic E-state index is 5.54. The summed E-state index contributed by atoms with van der Waals surface area (Å²) in [6.07, 6.45) is 0. The molecule has 0 amide bonds. The first kappa shape index (κ1) is 20.5. The fourth-order valence-corrected chi connectivity index (χ4v) is 4.85. The molecule has 0 heterocycles. The summed E-state index contributed by atoms with van der Waals surface area (Å²) in [6.45, 7) is 0. The summed E-state index contributed by atoms with van der Waals surface area (Å²) < 4.78 is 12.0. The first-order chi connectivity index (χ1) is 14.7. The summed E-state index contributed by atoms with van der Waals surface area (Å²) in [5.74, 6) is 1.72. The van der Waals surface area contributed by atoms with Crippen molar-refractivity contribution in [3.05, 3.63) is 129 Å².